The molecule has 4 rings (SSSR count). The average Bonchev–Trinajstić information content (AvgIpc) is 3.30. The van der Waals surface area contributed by atoms with Crippen LogP contribution in [0.2, 0.25) is 0 Å². The first-order chi connectivity index (χ1) is 11.3. The van der Waals surface area contributed by atoms with E-state index >= 15 is 0 Å². The van der Waals surface area contributed by atoms with Gasteiger partial charge in [0.05, 0.1) is 6.10 Å². The molecule has 1 aromatic heterocycles. The lowest BCUT2D eigenvalue weighted by molar-refractivity contribution is 0.107. The Kier molecular flexibility index (Phi) is 4.20. The van der Waals surface area contributed by atoms with Gasteiger partial charge in [0.25, 0.3) is 0 Å². The van der Waals surface area contributed by atoms with Crippen LogP contribution in [0.25, 0.3) is 0 Å². The van der Waals surface area contributed by atoms with Crippen molar-refractivity contribution in [3.8, 4) is 0 Å². The molecule has 2 fully saturated rings. The van der Waals surface area contributed by atoms with Crippen molar-refractivity contribution in [2.75, 3.05) is 26.2 Å². The van der Waals surface area contributed by atoms with Gasteiger partial charge < -0.3 is 19.5 Å². The van der Waals surface area contributed by atoms with E-state index in [2.05, 4.69) is 20.1 Å². The normalized spacial score (nSPS) is 27.2. The summed E-state index contributed by atoms with van der Waals surface area (Å²) >= 11 is 0. The van der Waals surface area contributed by atoms with Crippen molar-refractivity contribution in [1.29, 1.82) is 0 Å². The van der Waals surface area contributed by atoms with Crippen LogP contribution in [0.3, 0.4) is 0 Å². The summed E-state index contributed by atoms with van der Waals surface area (Å²) in [7, 11) is 0. The van der Waals surface area contributed by atoms with E-state index in [1.54, 1.807) is 0 Å². The fourth-order valence-corrected chi connectivity index (χ4v) is 3.97. The molecule has 0 unspecified atom stereocenters. The number of ether oxygens (including phenoxy) is 1. The number of carbonyl (C=O) groups is 1. The van der Waals surface area contributed by atoms with Crippen molar-refractivity contribution in [3.05, 3.63) is 11.6 Å². The Morgan fingerprint density at radius 2 is 2.17 bits per heavy atom. The summed E-state index contributed by atoms with van der Waals surface area (Å²) < 4.78 is 7.83. The Balaban J connectivity index is 1.35. The second kappa shape index (κ2) is 6.47. The molecular formula is C16H25N5O2. The van der Waals surface area contributed by atoms with Crippen molar-refractivity contribution < 1.29 is 9.53 Å². The van der Waals surface area contributed by atoms with Gasteiger partial charge >= 0.3 is 6.03 Å². The van der Waals surface area contributed by atoms with Crippen LogP contribution in [0.15, 0.2) is 0 Å². The number of aromatic nitrogens is 3. The van der Waals surface area contributed by atoms with Crippen LogP contribution in [-0.2, 0) is 17.7 Å². The Hall–Kier alpha value is -1.63. The van der Waals surface area contributed by atoms with Gasteiger partial charge in [-0.2, -0.15) is 0 Å². The van der Waals surface area contributed by atoms with Crippen LogP contribution in [0, 0.1) is 0 Å². The molecule has 7 nitrogen and oxygen atoms in total. The highest BCUT2D eigenvalue weighted by Crippen LogP contribution is 2.28. The third-order valence-electron chi connectivity index (χ3n) is 5.22. The van der Waals surface area contributed by atoms with Crippen LogP contribution >= 0.6 is 0 Å². The zero-order valence-corrected chi connectivity index (χ0v) is 13.5. The molecule has 0 bridgehead atoms. The number of amides is 2. The smallest absolute Gasteiger partial charge is 0.317 e. The Labute approximate surface area is 136 Å². The van der Waals surface area contributed by atoms with Crippen LogP contribution in [0.1, 0.15) is 49.7 Å². The molecule has 0 aliphatic carbocycles. The Bertz CT molecular complexity index is 567. The molecule has 0 spiro atoms. The molecule has 0 aromatic carbocycles. The van der Waals surface area contributed by atoms with Crippen molar-refractivity contribution >= 4 is 6.03 Å². The first-order valence-electron chi connectivity index (χ1n) is 8.87. The largest absolute Gasteiger partial charge is 0.376 e. The maximum atomic E-state index is 12.4. The van der Waals surface area contributed by atoms with Gasteiger partial charge in [-0.05, 0) is 32.1 Å². The van der Waals surface area contributed by atoms with Crippen molar-refractivity contribution in [2.45, 2.75) is 57.1 Å². The second-order valence-electron chi connectivity index (χ2n) is 6.84. The second-order valence-corrected chi connectivity index (χ2v) is 6.84. The first-order valence-corrected chi connectivity index (χ1v) is 8.87. The molecule has 7 heteroatoms. The minimum atomic E-state index is 0.0337. The Morgan fingerprint density at radius 1 is 1.22 bits per heavy atom. The van der Waals surface area contributed by atoms with Crippen LogP contribution in [-0.4, -0.2) is 58.0 Å². The number of hydrogen-bond acceptors (Lipinski definition) is 4. The van der Waals surface area contributed by atoms with E-state index in [9.17, 15) is 4.79 Å². The van der Waals surface area contributed by atoms with E-state index in [-0.39, 0.29) is 12.1 Å². The van der Waals surface area contributed by atoms with Gasteiger partial charge in [0.15, 0.2) is 0 Å². The third-order valence-corrected chi connectivity index (χ3v) is 5.22. The number of hydrogen-bond donors (Lipinski definition) is 1. The number of nitrogens with zero attached hydrogens (tertiary/aromatic N) is 4. The number of piperidine rings is 1. The fourth-order valence-electron chi connectivity index (χ4n) is 3.97. The van der Waals surface area contributed by atoms with Crippen LogP contribution < -0.4 is 5.32 Å². The molecule has 3 aliphatic rings. The lowest BCUT2D eigenvalue weighted by atomic mass is 9.97. The van der Waals surface area contributed by atoms with Crippen LogP contribution in [0.5, 0.6) is 0 Å². The zero-order chi connectivity index (χ0) is 15.6. The molecule has 4 heterocycles. The maximum Gasteiger partial charge on any atom is 0.317 e. The lowest BCUT2D eigenvalue weighted by Crippen LogP contribution is -2.47. The van der Waals surface area contributed by atoms with Crippen molar-refractivity contribution in [2.24, 2.45) is 0 Å². The maximum absolute atomic E-state index is 12.4. The highest BCUT2D eigenvalue weighted by molar-refractivity contribution is 5.74. The monoisotopic (exact) mass is 319 g/mol. The van der Waals surface area contributed by atoms with Gasteiger partial charge in [-0.15, -0.1) is 10.2 Å². The van der Waals surface area contributed by atoms with E-state index in [1.165, 1.54) is 0 Å². The summed E-state index contributed by atoms with van der Waals surface area (Å²) in [6.07, 6.45) is 6.66. The molecule has 2 amide bonds. The van der Waals surface area contributed by atoms with Crippen molar-refractivity contribution in [1.82, 2.24) is 25.0 Å². The molecule has 1 N–H and O–H groups in total. The van der Waals surface area contributed by atoms with E-state index < -0.39 is 0 Å². The zero-order valence-electron chi connectivity index (χ0n) is 13.5. The highest BCUT2D eigenvalue weighted by atomic mass is 16.5. The van der Waals surface area contributed by atoms with E-state index in [0.29, 0.717) is 12.5 Å². The van der Waals surface area contributed by atoms with E-state index in [4.69, 9.17) is 4.74 Å². The summed E-state index contributed by atoms with van der Waals surface area (Å²) in [6.45, 7) is 4.05. The van der Waals surface area contributed by atoms with Gasteiger partial charge in [-0.1, -0.05) is 0 Å². The van der Waals surface area contributed by atoms with Crippen molar-refractivity contribution in [3.63, 3.8) is 0 Å². The number of aryl methyl sites for hydroxylation is 1. The number of carbonyl (C=O) groups excluding carboxylic acids is 1. The molecule has 1 aromatic rings. The minimum absolute atomic E-state index is 0.0337. The average molecular weight is 319 g/mol. The predicted octanol–water partition coefficient (Wildman–Crippen LogP) is 1.29. The standard InChI is InChI=1S/C16H25N5O2/c22-16(17-10-13-5-3-9-23-13)20-7-1-4-12(11-20)15-19-18-14-6-2-8-21(14)15/h12-13H,1-11H2,(H,17,22)/t12-,13-/m1/s1. The highest BCUT2D eigenvalue weighted by Gasteiger charge is 2.30. The number of nitrogens with one attached hydrogen (secondary N) is 1. The molecule has 2 atom stereocenters. The topological polar surface area (TPSA) is 72.3 Å². The number of likely N-dealkylation sites (tertiary alicyclic amines) is 1. The van der Waals surface area contributed by atoms with Gasteiger partial charge in [0.2, 0.25) is 0 Å². The molecule has 2 saturated heterocycles. The summed E-state index contributed by atoms with van der Waals surface area (Å²) in [6, 6.07) is 0.0337. The number of fused-ring (bicyclic) bond motifs is 1. The summed E-state index contributed by atoms with van der Waals surface area (Å²) in [4.78, 5) is 14.4. The molecule has 3 aliphatic heterocycles. The number of rotatable bonds is 3. The summed E-state index contributed by atoms with van der Waals surface area (Å²) in [5.74, 6) is 2.51. The van der Waals surface area contributed by atoms with Gasteiger partial charge in [-0.25, -0.2) is 4.79 Å². The first kappa shape index (κ1) is 14.9. The van der Waals surface area contributed by atoms with Crippen LogP contribution in [0.4, 0.5) is 4.79 Å². The molecule has 0 saturated carbocycles. The molecule has 0 radical (unpaired) electrons. The van der Waals surface area contributed by atoms with E-state index in [0.717, 1.165) is 76.4 Å². The summed E-state index contributed by atoms with van der Waals surface area (Å²) in [5.41, 5.74) is 0. The molecule has 126 valence electrons. The quantitative estimate of drug-likeness (QED) is 0.911. The minimum Gasteiger partial charge on any atom is -0.376 e. The molecule has 23 heavy (non-hydrogen) atoms. The summed E-state index contributed by atoms with van der Waals surface area (Å²) in [5, 5.41) is 11.7. The number of urea groups is 1. The Morgan fingerprint density at radius 3 is 3.04 bits per heavy atom. The van der Waals surface area contributed by atoms with E-state index in [1.807, 2.05) is 4.90 Å². The third kappa shape index (κ3) is 3.06. The predicted molar refractivity (Wildman–Crippen MR) is 84.3 cm³/mol. The van der Waals surface area contributed by atoms with Gasteiger partial charge in [-0.3, -0.25) is 0 Å². The lowest BCUT2D eigenvalue weighted by Gasteiger charge is -2.32. The van der Waals surface area contributed by atoms with Gasteiger partial charge in [0, 0.05) is 45.1 Å². The molecular weight excluding hydrogens is 294 g/mol. The fraction of sp³-hybridized carbons (Fsp3) is 0.812. The SMILES string of the molecule is O=C(NC[C@H]1CCCO1)N1CCC[C@@H](c2nnc3n2CCC3)C1. The van der Waals surface area contributed by atoms with Gasteiger partial charge in [0.1, 0.15) is 11.6 Å².